The largest absolute Gasteiger partial charge is 0.398 e. The van der Waals surface area contributed by atoms with E-state index in [2.05, 4.69) is 19.2 Å². The molecule has 4 nitrogen and oxygen atoms in total. The monoisotopic (exact) mass is 282 g/mol. The fraction of sp³-hybridized carbons (Fsp3) is 0.500. The van der Waals surface area contributed by atoms with Crippen LogP contribution in [0.2, 0.25) is 0 Å². The van der Waals surface area contributed by atoms with E-state index in [0.717, 1.165) is 12.0 Å². The minimum absolute atomic E-state index is 0.0360. The molecule has 19 heavy (non-hydrogen) atoms. The molecule has 0 aromatic heterocycles. The predicted octanol–water partition coefficient (Wildman–Crippen LogP) is 1.85. The van der Waals surface area contributed by atoms with E-state index >= 15 is 0 Å². The molecule has 0 fully saturated rings. The predicted molar refractivity (Wildman–Crippen MR) is 79.3 cm³/mol. The van der Waals surface area contributed by atoms with Crippen molar-refractivity contribution in [1.29, 1.82) is 0 Å². The number of nitrogens with two attached hydrogens (primary N) is 1. The Hall–Kier alpha value is -1.36. The van der Waals surface area contributed by atoms with Crippen LogP contribution in [0.25, 0.3) is 0 Å². The molecular weight excluding hydrogens is 260 g/mol. The topological polar surface area (TPSA) is 72.2 Å². The highest BCUT2D eigenvalue weighted by Gasteiger charge is 2.13. The van der Waals surface area contributed by atoms with Crippen molar-refractivity contribution in [3.63, 3.8) is 0 Å². The summed E-state index contributed by atoms with van der Waals surface area (Å²) in [5, 5.41) is 2.78. The van der Waals surface area contributed by atoms with Crippen molar-refractivity contribution >= 4 is 22.4 Å². The van der Waals surface area contributed by atoms with Gasteiger partial charge in [0.25, 0.3) is 0 Å². The van der Waals surface area contributed by atoms with Gasteiger partial charge in [0.15, 0.2) is 0 Å². The van der Waals surface area contributed by atoms with Gasteiger partial charge in [-0.25, -0.2) is 0 Å². The van der Waals surface area contributed by atoms with Gasteiger partial charge < -0.3 is 11.1 Å². The Morgan fingerprint density at radius 3 is 2.74 bits per heavy atom. The normalized spacial score (nSPS) is 12.4. The third kappa shape index (κ3) is 5.03. The lowest BCUT2D eigenvalue weighted by atomic mass is 10.1. The zero-order chi connectivity index (χ0) is 14.4. The molecule has 106 valence electrons. The number of hydrogen-bond acceptors (Lipinski definition) is 3. The first-order valence-corrected chi connectivity index (χ1v) is 7.74. The summed E-state index contributed by atoms with van der Waals surface area (Å²) in [6, 6.07) is 5.37. The third-order valence-corrected chi connectivity index (χ3v) is 4.21. The smallest absolute Gasteiger partial charge is 0.233 e. The lowest BCUT2D eigenvalue weighted by Crippen LogP contribution is -2.29. The Kier molecular flexibility index (Phi) is 6.02. The van der Waals surface area contributed by atoms with E-state index in [1.165, 1.54) is 0 Å². The van der Waals surface area contributed by atoms with Gasteiger partial charge in [0, 0.05) is 6.54 Å². The molecule has 0 saturated carbocycles. The molecule has 0 aliphatic carbocycles. The summed E-state index contributed by atoms with van der Waals surface area (Å²) in [6.07, 6.45) is 0.922. The number of amides is 1. The number of rotatable bonds is 6. The average molecular weight is 282 g/mol. The van der Waals surface area contributed by atoms with Crippen molar-refractivity contribution in [2.45, 2.75) is 32.1 Å². The second-order valence-electron chi connectivity index (χ2n) is 5.01. The van der Waals surface area contributed by atoms with Gasteiger partial charge >= 0.3 is 0 Å². The molecule has 0 aliphatic rings. The van der Waals surface area contributed by atoms with E-state index < -0.39 is 10.8 Å². The van der Waals surface area contributed by atoms with Crippen LogP contribution in [-0.2, 0) is 15.6 Å². The van der Waals surface area contributed by atoms with E-state index in [1.807, 2.05) is 13.0 Å². The fourth-order valence-electron chi connectivity index (χ4n) is 1.60. The number of anilines is 1. The van der Waals surface area contributed by atoms with Gasteiger partial charge in [-0.1, -0.05) is 26.0 Å². The average Bonchev–Trinajstić information content (AvgIpc) is 2.31. The van der Waals surface area contributed by atoms with Crippen LogP contribution in [0.1, 0.15) is 25.8 Å². The molecule has 0 heterocycles. The van der Waals surface area contributed by atoms with Gasteiger partial charge in [-0.2, -0.15) is 0 Å². The maximum absolute atomic E-state index is 12.1. The summed E-state index contributed by atoms with van der Waals surface area (Å²) in [6.45, 7) is 6.67. The summed E-state index contributed by atoms with van der Waals surface area (Å²) in [4.78, 5) is 12.2. The van der Waals surface area contributed by atoms with Crippen LogP contribution in [0.3, 0.4) is 0 Å². The van der Waals surface area contributed by atoms with Crippen molar-refractivity contribution in [3.05, 3.63) is 23.8 Å². The number of hydrogen-bond donors (Lipinski definition) is 2. The van der Waals surface area contributed by atoms with Crippen LogP contribution in [0.5, 0.6) is 0 Å². The summed E-state index contributed by atoms with van der Waals surface area (Å²) in [5.74, 6) is 0.310. The minimum atomic E-state index is -1.39. The van der Waals surface area contributed by atoms with Gasteiger partial charge in [-0.05, 0) is 30.9 Å². The first-order chi connectivity index (χ1) is 8.91. The van der Waals surface area contributed by atoms with Crippen LogP contribution >= 0.6 is 0 Å². The highest BCUT2D eigenvalue weighted by Crippen LogP contribution is 2.20. The van der Waals surface area contributed by atoms with Crippen LogP contribution in [0, 0.1) is 12.8 Å². The Labute approximate surface area is 117 Å². The number of carbonyl (C=O) groups is 1. The molecule has 0 bridgehead atoms. The highest BCUT2D eigenvalue weighted by atomic mass is 32.2. The molecule has 5 heteroatoms. The van der Waals surface area contributed by atoms with Crippen LogP contribution < -0.4 is 11.1 Å². The van der Waals surface area contributed by atoms with E-state index in [9.17, 15) is 9.00 Å². The fourth-order valence-corrected chi connectivity index (χ4v) is 2.73. The molecule has 0 saturated heterocycles. The highest BCUT2D eigenvalue weighted by molar-refractivity contribution is 7.86. The molecule has 0 spiro atoms. The van der Waals surface area contributed by atoms with Crippen molar-refractivity contribution in [3.8, 4) is 0 Å². The molecule has 0 radical (unpaired) electrons. The van der Waals surface area contributed by atoms with Crippen molar-refractivity contribution in [2.75, 3.05) is 18.0 Å². The van der Waals surface area contributed by atoms with Gasteiger partial charge in [0.05, 0.1) is 21.4 Å². The molecule has 1 rings (SSSR count). The van der Waals surface area contributed by atoms with Crippen LogP contribution in [0.4, 0.5) is 5.69 Å². The number of carbonyl (C=O) groups excluding carboxylic acids is 1. The summed E-state index contributed by atoms with van der Waals surface area (Å²) >= 11 is 0. The maximum atomic E-state index is 12.1. The van der Waals surface area contributed by atoms with Gasteiger partial charge in [0.1, 0.15) is 5.75 Å². The number of nitrogen functional groups attached to an aromatic ring is 1. The van der Waals surface area contributed by atoms with Crippen molar-refractivity contribution < 1.29 is 9.00 Å². The molecule has 3 N–H and O–H groups in total. The molecule has 1 atom stereocenters. The second kappa shape index (κ2) is 7.28. The summed E-state index contributed by atoms with van der Waals surface area (Å²) in [5.41, 5.74) is 7.26. The Balaban J connectivity index is 2.55. The quantitative estimate of drug-likeness (QED) is 0.782. The molecular formula is C14H22N2O2S. The van der Waals surface area contributed by atoms with E-state index in [4.69, 9.17) is 5.73 Å². The summed E-state index contributed by atoms with van der Waals surface area (Å²) in [7, 11) is -1.39. The lowest BCUT2D eigenvalue weighted by Gasteiger charge is -2.09. The zero-order valence-electron chi connectivity index (χ0n) is 11.7. The standard InChI is InChI=1S/C14H22N2O2S/c1-10(2)7-8-16-13(17)9-19(18)12-6-4-5-11(3)14(12)15/h4-6,10H,7-9,15H2,1-3H3,(H,16,17). The molecule has 1 unspecified atom stereocenters. The number of nitrogens with one attached hydrogen (secondary N) is 1. The summed E-state index contributed by atoms with van der Waals surface area (Å²) < 4.78 is 12.1. The van der Waals surface area contributed by atoms with Crippen LogP contribution in [0.15, 0.2) is 23.1 Å². The van der Waals surface area contributed by atoms with Crippen molar-refractivity contribution in [1.82, 2.24) is 5.32 Å². The van der Waals surface area contributed by atoms with Gasteiger partial charge in [-0.3, -0.25) is 9.00 Å². The molecule has 0 aliphatic heterocycles. The van der Waals surface area contributed by atoms with Crippen molar-refractivity contribution in [2.24, 2.45) is 5.92 Å². The number of aryl methyl sites for hydroxylation is 1. The lowest BCUT2D eigenvalue weighted by molar-refractivity contribution is -0.118. The molecule has 1 amide bonds. The van der Waals surface area contributed by atoms with Gasteiger partial charge in [0.2, 0.25) is 5.91 Å². The second-order valence-corrected chi connectivity index (χ2v) is 6.43. The number of benzene rings is 1. The van der Waals surface area contributed by atoms with Crippen LogP contribution in [-0.4, -0.2) is 22.4 Å². The van der Waals surface area contributed by atoms with E-state index in [0.29, 0.717) is 23.0 Å². The van der Waals surface area contributed by atoms with Gasteiger partial charge in [-0.15, -0.1) is 0 Å². The number of para-hydroxylation sites is 1. The van der Waals surface area contributed by atoms with E-state index in [1.54, 1.807) is 12.1 Å². The maximum Gasteiger partial charge on any atom is 0.233 e. The first-order valence-electron chi connectivity index (χ1n) is 6.42. The Morgan fingerprint density at radius 2 is 2.11 bits per heavy atom. The minimum Gasteiger partial charge on any atom is -0.398 e. The Bertz CT molecular complexity index is 473. The molecule has 1 aromatic rings. The zero-order valence-corrected chi connectivity index (χ0v) is 12.5. The van der Waals surface area contributed by atoms with E-state index in [-0.39, 0.29) is 11.7 Å². The SMILES string of the molecule is Cc1cccc(S(=O)CC(=O)NCCC(C)C)c1N. The third-order valence-electron chi connectivity index (χ3n) is 2.84. The Morgan fingerprint density at radius 1 is 1.42 bits per heavy atom. The first kappa shape index (κ1) is 15.7. The molecule has 1 aromatic carbocycles.